The molecule has 1 aromatic heterocycles. The predicted octanol–water partition coefficient (Wildman–Crippen LogP) is 6.47. The van der Waals surface area contributed by atoms with Crippen molar-refractivity contribution in [2.45, 2.75) is 57.9 Å². The van der Waals surface area contributed by atoms with Gasteiger partial charge in [-0.3, -0.25) is 4.90 Å². The average molecular weight is 530 g/mol. The Labute approximate surface area is 229 Å². The summed E-state index contributed by atoms with van der Waals surface area (Å²) < 4.78 is 28.1. The Morgan fingerprint density at radius 1 is 1.00 bits per heavy atom. The second kappa shape index (κ2) is 12.6. The number of para-hydroxylation sites is 1. The minimum Gasteiger partial charge on any atom is -0.438 e. The SMILES string of the molecule is CC(C)c1nn(-c2ccccc2)c(Oc2cccc(F)c2)c1CN(C[C@H](O)COCc1ccccc1)C1CC1. The molecule has 6 nitrogen and oxygen atoms in total. The highest BCUT2D eigenvalue weighted by Crippen LogP contribution is 2.37. The van der Waals surface area contributed by atoms with Crippen LogP contribution < -0.4 is 4.74 Å². The topological polar surface area (TPSA) is 59.8 Å². The molecule has 0 unspecified atom stereocenters. The number of rotatable bonds is 13. The van der Waals surface area contributed by atoms with E-state index in [0.717, 1.165) is 35.3 Å². The number of nitrogens with zero attached hydrogens (tertiary/aromatic N) is 3. The second-order valence-corrected chi connectivity index (χ2v) is 10.4. The molecule has 0 aliphatic heterocycles. The van der Waals surface area contributed by atoms with E-state index in [4.69, 9.17) is 14.6 Å². The summed E-state index contributed by atoms with van der Waals surface area (Å²) in [7, 11) is 0. The molecule has 204 valence electrons. The Kier molecular flexibility index (Phi) is 8.71. The first-order chi connectivity index (χ1) is 19.0. The summed E-state index contributed by atoms with van der Waals surface area (Å²) in [4.78, 5) is 2.30. The fourth-order valence-electron chi connectivity index (χ4n) is 4.75. The van der Waals surface area contributed by atoms with Gasteiger partial charge < -0.3 is 14.6 Å². The summed E-state index contributed by atoms with van der Waals surface area (Å²) in [5.74, 6) is 0.758. The van der Waals surface area contributed by atoms with E-state index < -0.39 is 6.10 Å². The Morgan fingerprint density at radius 3 is 2.38 bits per heavy atom. The van der Waals surface area contributed by atoms with Crippen molar-refractivity contribution in [1.29, 1.82) is 0 Å². The molecule has 1 heterocycles. The van der Waals surface area contributed by atoms with Gasteiger partial charge in [0.2, 0.25) is 5.88 Å². The van der Waals surface area contributed by atoms with Crippen LogP contribution in [0.1, 0.15) is 49.4 Å². The van der Waals surface area contributed by atoms with Crippen molar-refractivity contribution >= 4 is 0 Å². The normalized spacial score (nSPS) is 14.2. The van der Waals surface area contributed by atoms with Crippen LogP contribution in [0.2, 0.25) is 0 Å². The highest BCUT2D eigenvalue weighted by atomic mass is 19.1. The summed E-state index contributed by atoms with van der Waals surface area (Å²) >= 11 is 0. The van der Waals surface area contributed by atoms with Crippen molar-refractivity contribution in [3.05, 3.63) is 108 Å². The van der Waals surface area contributed by atoms with E-state index in [1.54, 1.807) is 16.8 Å². The van der Waals surface area contributed by atoms with Crippen LogP contribution in [-0.4, -0.2) is 45.1 Å². The first-order valence-electron chi connectivity index (χ1n) is 13.6. The number of hydrogen-bond acceptors (Lipinski definition) is 5. The van der Waals surface area contributed by atoms with Gasteiger partial charge in [-0.2, -0.15) is 5.10 Å². The third-order valence-corrected chi connectivity index (χ3v) is 6.82. The Balaban J connectivity index is 1.40. The molecule has 0 spiro atoms. The van der Waals surface area contributed by atoms with Gasteiger partial charge in [-0.05, 0) is 48.6 Å². The van der Waals surface area contributed by atoms with Crippen molar-refractivity contribution in [2.75, 3.05) is 13.2 Å². The van der Waals surface area contributed by atoms with E-state index in [1.165, 1.54) is 12.1 Å². The summed E-state index contributed by atoms with van der Waals surface area (Å²) in [5, 5.41) is 15.9. The zero-order chi connectivity index (χ0) is 27.2. The van der Waals surface area contributed by atoms with Gasteiger partial charge in [0, 0.05) is 25.2 Å². The summed E-state index contributed by atoms with van der Waals surface area (Å²) in [6.45, 7) is 5.99. The summed E-state index contributed by atoms with van der Waals surface area (Å²) in [6, 6.07) is 26.4. The monoisotopic (exact) mass is 529 g/mol. The molecule has 39 heavy (non-hydrogen) atoms. The van der Waals surface area contributed by atoms with Gasteiger partial charge >= 0.3 is 0 Å². The van der Waals surface area contributed by atoms with E-state index >= 15 is 0 Å². The molecular formula is C32H36FN3O3. The maximum atomic E-state index is 14.1. The molecule has 0 amide bonds. The van der Waals surface area contributed by atoms with E-state index in [1.807, 2.05) is 60.7 Å². The number of ether oxygens (including phenoxy) is 2. The summed E-state index contributed by atoms with van der Waals surface area (Å²) in [5.41, 5.74) is 3.82. The number of hydrogen-bond donors (Lipinski definition) is 1. The average Bonchev–Trinajstić information content (AvgIpc) is 3.72. The van der Waals surface area contributed by atoms with Crippen LogP contribution >= 0.6 is 0 Å². The zero-order valence-corrected chi connectivity index (χ0v) is 22.5. The molecule has 1 aliphatic rings. The smallest absolute Gasteiger partial charge is 0.227 e. The number of halogens is 1. The maximum absolute atomic E-state index is 14.1. The predicted molar refractivity (Wildman–Crippen MR) is 150 cm³/mol. The Hall–Kier alpha value is -3.52. The summed E-state index contributed by atoms with van der Waals surface area (Å²) in [6.07, 6.45) is 1.54. The number of aromatic nitrogens is 2. The first-order valence-corrected chi connectivity index (χ1v) is 13.6. The van der Waals surface area contributed by atoms with Gasteiger partial charge in [-0.15, -0.1) is 0 Å². The van der Waals surface area contributed by atoms with E-state index in [0.29, 0.717) is 37.4 Å². The molecular weight excluding hydrogens is 493 g/mol. The number of aliphatic hydroxyl groups excluding tert-OH is 1. The highest BCUT2D eigenvalue weighted by Gasteiger charge is 2.33. The highest BCUT2D eigenvalue weighted by molar-refractivity contribution is 5.44. The molecule has 0 saturated heterocycles. The minimum absolute atomic E-state index is 0.139. The number of aliphatic hydroxyl groups is 1. The number of benzene rings is 3. The van der Waals surface area contributed by atoms with Gasteiger partial charge in [0.15, 0.2) is 0 Å². The molecule has 7 heteroatoms. The second-order valence-electron chi connectivity index (χ2n) is 10.4. The van der Waals surface area contributed by atoms with E-state index in [-0.39, 0.29) is 18.3 Å². The van der Waals surface area contributed by atoms with Crippen molar-refractivity contribution in [3.8, 4) is 17.3 Å². The lowest BCUT2D eigenvalue weighted by Gasteiger charge is -2.26. The van der Waals surface area contributed by atoms with Crippen LogP contribution in [0.25, 0.3) is 5.69 Å². The van der Waals surface area contributed by atoms with Crippen LogP contribution in [0, 0.1) is 5.82 Å². The lowest BCUT2D eigenvalue weighted by Crippen LogP contribution is -2.36. The van der Waals surface area contributed by atoms with Gasteiger partial charge in [0.1, 0.15) is 11.6 Å². The van der Waals surface area contributed by atoms with Gasteiger partial charge in [-0.1, -0.05) is 68.4 Å². The Bertz CT molecular complexity index is 1340. The third-order valence-electron chi connectivity index (χ3n) is 6.82. The van der Waals surface area contributed by atoms with Crippen LogP contribution in [0.3, 0.4) is 0 Å². The molecule has 1 N–H and O–H groups in total. The first kappa shape index (κ1) is 27.1. The molecule has 1 atom stereocenters. The van der Waals surface area contributed by atoms with Crippen LogP contribution in [0.4, 0.5) is 4.39 Å². The molecule has 5 rings (SSSR count). The molecule has 1 saturated carbocycles. The fourth-order valence-corrected chi connectivity index (χ4v) is 4.75. The Morgan fingerprint density at radius 2 is 1.72 bits per heavy atom. The zero-order valence-electron chi connectivity index (χ0n) is 22.5. The molecule has 1 aliphatic carbocycles. The van der Waals surface area contributed by atoms with E-state index in [9.17, 15) is 9.50 Å². The van der Waals surface area contributed by atoms with Gasteiger partial charge in [-0.25, -0.2) is 9.07 Å². The van der Waals surface area contributed by atoms with Gasteiger partial charge in [0.05, 0.1) is 36.3 Å². The lowest BCUT2D eigenvalue weighted by atomic mass is 10.1. The van der Waals surface area contributed by atoms with Crippen molar-refractivity contribution in [3.63, 3.8) is 0 Å². The minimum atomic E-state index is -0.631. The van der Waals surface area contributed by atoms with Crippen molar-refractivity contribution in [1.82, 2.24) is 14.7 Å². The maximum Gasteiger partial charge on any atom is 0.227 e. The molecule has 0 radical (unpaired) electrons. The van der Waals surface area contributed by atoms with Crippen LogP contribution in [0.5, 0.6) is 11.6 Å². The van der Waals surface area contributed by atoms with E-state index in [2.05, 4.69) is 18.7 Å². The third kappa shape index (κ3) is 7.12. The largest absolute Gasteiger partial charge is 0.438 e. The molecule has 4 aromatic rings. The van der Waals surface area contributed by atoms with Crippen molar-refractivity contribution in [2.24, 2.45) is 0 Å². The fraction of sp³-hybridized carbons (Fsp3) is 0.344. The molecule has 3 aromatic carbocycles. The lowest BCUT2D eigenvalue weighted by molar-refractivity contribution is 0.00692. The van der Waals surface area contributed by atoms with Crippen molar-refractivity contribution < 1.29 is 19.0 Å². The molecule has 0 bridgehead atoms. The standard InChI is InChI=1S/C32H36FN3O3/c1-23(2)31-30(20-35(26-16-17-26)19-28(37)22-38-21-24-10-5-3-6-11-24)32(39-29-15-9-12-25(33)18-29)36(34-31)27-13-7-4-8-14-27/h3-15,18,23,26,28,37H,16-17,19-22H2,1-2H3/t28-/m0/s1. The quantitative estimate of drug-likeness (QED) is 0.215. The van der Waals surface area contributed by atoms with Crippen LogP contribution in [-0.2, 0) is 17.9 Å². The van der Waals surface area contributed by atoms with Gasteiger partial charge in [0.25, 0.3) is 0 Å². The van der Waals surface area contributed by atoms with Crippen LogP contribution in [0.15, 0.2) is 84.9 Å². The molecule has 1 fully saturated rings.